The molecule has 1 amide bonds. The lowest BCUT2D eigenvalue weighted by atomic mass is 10.0. The first-order valence-corrected chi connectivity index (χ1v) is 7.56. The van der Waals surface area contributed by atoms with Gasteiger partial charge in [-0.15, -0.1) is 0 Å². The predicted octanol–water partition coefficient (Wildman–Crippen LogP) is 2.39. The normalized spacial score (nSPS) is 13.3. The molecule has 1 rings (SSSR count). The molecule has 2 N–H and O–H groups in total. The number of benzene rings is 1. The number of carbonyl (C=O) groups excluding carboxylic acids is 1. The maximum Gasteiger partial charge on any atom is 0.222 e. The number of nitrogens with zero attached hydrogens (tertiary/aromatic N) is 1. The van der Waals surface area contributed by atoms with Crippen LogP contribution in [0, 0.1) is 17.2 Å². The summed E-state index contributed by atoms with van der Waals surface area (Å²) in [4.78, 5) is 11.7. The molecule has 0 saturated heterocycles. The molecule has 2 atom stereocenters. The van der Waals surface area contributed by atoms with Crippen LogP contribution in [0.25, 0.3) is 0 Å². The van der Waals surface area contributed by atoms with Gasteiger partial charge >= 0.3 is 0 Å². The molecule has 2 unspecified atom stereocenters. The van der Waals surface area contributed by atoms with Gasteiger partial charge in [-0.1, -0.05) is 32.9 Å². The van der Waals surface area contributed by atoms with E-state index >= 15 is 0 Å². The second-order valence-electron chi connectivity index (χ2n) is 5.58. The van der Waals surface area contributed by atoms with Gasteiger partial charge in [-0.2, -0.15) is 5.26 Å². The van der Waals surface area contributed by atoms with Gasteiger partial charge in [0.05, 0.1) is 12.5 Å². The minimum Gasteiger partial charge on any atom is -0.476 e. The van der Waals surface area contributed by atoms with Crippen LogP contribution in [0.4, 0.5) is 0 Å². The van der Waals surface area contributed by atoms with Crippen molar-refractivity contribution < 1.29 is 14.6 Å². The molecule has 0 aliphatic rings. The Bertz CT molecular complexity index is 523. The molecule has 0 spiro atoms. The number of carbonyl (C=O) groups is 1. The maximum atomic E-state index is 11.7. The Kier molecular flexibility index (Phi) is 7.41. The molecule has 22 heavy (non-hydrogen) atoms. The first-order valence-electron chi connectivity index (χ1n) is 7.56. The highest BCUT2D eigenvalue weighted by atomic mass is 16.5. The zero-order valence-corrected chi connectivity index (χ0v) is 13.4. The summed E-state index contributed by atoms with van der Waals surface area (Å²) in [5.41, 5.74) is 0.887. The Balaban J connectivity index is 2.53. The molecule has 5 heteroatoms. The molecule has 0 bridgehead atoms. The average molecular weight is 304 g/mol. The van der Waals surface area contributed by atoms with Crippen molar-refractivity contribution in [3.8, 4) is 11.8 Å². The SMILES string of the molecule is CCC(C#N)Oc1cccc(CNC(=O)CC(O)C(C)C)c1. The highest BCUT2D eigenvalue weighted by Gasteiger charge is 2.14. The van der Waals surface area contributed by atoms with Crippen molar-refractivity contribution in [3.63, 3.8) is 0 Å². The third-order valence-corrected chi connectivity index (χ3v) is 3.35. The third kappa shape index (κ3) is 6.15. The molecular formula is C17H24N2O3. The van der Waals surface area contributed by atoms with Gasteiger partial charge in [-0.05, 0) is 30.0 Å². The number of hydrogen-bond donors (Lipinski definition) is 2. The largest absolute Gasteiger partial charge is 0.476 e. The fourth-order valence-electron chi connectivity index (χ4n) is 1.79. The lowest BCUT2D eigenvalue weighted by Crippen LogP contribution is -2.29. The first kappa shape index (κ1) is 18.0. The molecule has 0 fully saturated rings. The van der Waals surface area contributed by atoms with Crippen LogP contribution in [0.15, 0.2) is 24.3 Å². The predicted molar refractivity (Wildman–Crippen MR) is 84.1 cm³/mol. The second-order valence-corrected chi connectivity index (χ2v) is 5.58. The molecule has 0 radical (unpaired) electrons. The standard InChI is InChI=1S/C17H24N2O3/c1-4-14(10-18)22-15-7-5-6-13(8-15)11-19-17(21)9-16(20)12(2)3/h5-8,12,14,16,20H,4,9,11H2,1-3H3,(H,19,21). The molecule has 120 valence electrons. The fourth-order valence-corrected chi connectivity index (χ4v) is 1.79. The third-order valence-electron chi connectivity index (χ3n) is 3.35. The van der Waals surface area contributed by atoms with Gasteiger partial charge in [0.15, 0.2) is 6.10 Å². The van der Waals surface area contributed by atoms with Crippen LogP contribution in [0.3, 0.4) is 0 Å². The van der Waals surface area contributed by atoms with Crippen LogP contribution in [0.5, 0.6) is 5.75 Å². The van der Waals surface area contributed by atoms with E-state index in [1.54, 1.807) is 12.1 Å². The number of aliphatic hydroxyl groups is 1. The van der Waals surface area contributed by atoms with Crippen LogP contribution in [0.1, 0.15) is 39.2 Å². The Labute approximate surface area is 131 Å². The van der Waals surface area contributed by atoms with E-state index in [0.717, 1.165) is 5.56 Å². The van der Waals surface area contributed by atoms with E-state index in [0.29, 0.717) is 18.7 Å². The molecule has 0 aliphatic heterocycles. The summed E-state index contributed by atoms with van der Waals surface area (Å²) in [5.74, 6) is 0.484. The van der Waals surface area contributed by atoms with Gasteiger partial charge in [0.2, 0.25) is 5.91 Å². The van der Waals surface area contributed by atoms with Gasteiger partial charge < -0.3 is 15.2 Å². The van der Waals surface area contributed by atoms with E-state index < -0.39 is 12.2 Å². The fraction of sp³-hybridized carbons (Fsp3) is 0.529. The minimum absolute atomic E-state index is 0.0550. The number of hydrogen-bond acceptors (Lipinski definition) is 4. The van der Waals surface area contributed by atoms with Gasteiger partial charge in [-0.25, -0.2) is 0 Å². The van der Waals surface area contributed by atoms with E-state index in [1.165, 1.54) is 0 Å². The molecule has 5 nitrogen and oxygen atoms in total. The topological polar surface area (TPSA) is 82.3 Å². The Morgan fingerprint density at radius 3 is 2.77 bits per heavy atom. The van der Waals surface area contributed by atoms with Crippen molar-refractivity contribution in [2.75, 3.05) is 0 Å². The van der Waals surface area contributed by atoms with Gasteiger partial charge in [-0.3, -0.25) is 4.79 Å². The Morgan fingerprint density at radius 1 is 1.45 bits per heavy atom. The second kappa shape index (κ2) is 9.06. The molecule has 0 saturated carbocycles. The van der Waals surface area contributed by atoms with E-state index in [1.807, 2.05) is 32.9 Å². The summed E-state index contributed by atoms with van der Waals surface area (Å²) in [6.07, 6.45) is -0.383. The van der Waals surface area contributed by atoms with Crippen LogP contribution in [0.2, 0.25) is 0 Å². The van der Waals surface area contributed by atoms with Crippen LogP contribution in [-0.4, -0.2) is 23.2 Å². The smallest absolute Gasteiger partial charge is 0.222 e. The zero-order chi connectivity index (χ0) is 16.5. The number of aliphatic hydroxyl groups excluding tert-OH is 1. The van der Waals surface area contributed by atoms with Gasteiger partial charge in [0.25, 0.3) is 0 Å². The monoisotopic (exact) mass is 304 g/mol. The zero-order valence-electron chi connectivity index (χ0n) is 13.4. The number of rotatable bonds is 8. The first-order chi connectivity index (χ1) is 10.5. The lowest BCUT2D eigenvalue weighted by molar-refractivity contribution is -0.123. The van der Waals surface area contributed by atoms with Gasteiger partial charge in [0, 0.05) is 6.54 Å². The van der Waals surface area contributed by atoms with E-state index in [4.69, 9.17) is 10.00 Å². The van der Waals surface area contributed by atoms with E-state index in [2.05, 4.69) is 11.4 Å². The highest BCUT2D eigenvalue weighted by molar-refractivity contribution is 5.76. The summed E-state index contributed by atoms with van der Waals surface area (Å²) in [6.45, 7) is 6.00. The van der Waals surface area contributed by atoms with E-state index in [-0.39, 0.29) is 18.2 Å². The molecule has 0 heterocycles. The maximum absolute atomic E-state index is 11.7. The van der Waals surface area contributed by atoms with Crippen molar-refractivity contribution in [3.05, 3.63) is 29.8 Å². The van der Waals surface area contributed by atoms with Crippen LogP contribution >= 0.6 is 0 Å². The Morgan fingerprint density at radius 2 is 2.18 bits per heavy atom. The number of ether oxygens (including phenoxy) is 1. The highest BCUT2D eigenvalue weighted by Crippen LogP contribution is 2.16. The van der Waals surface area contributed by atoms with Crippen LogP contribution in [-0.2, 0) is 11.3 Å². The van der Waals surface area contributed by atoms with Crippen LogP contribution < -0.4 is 10.1 Å². The number of nitrogens with one attached hydrogen (secondary N) is 1. The molecule has 0 aliphatic carbocycles. The molecule has 1 aromatic rings. The molecular weight excluding hydrogens is 280 g/mol. The summed E-state index contributed by atoms with van der Waals surface area (Å²) >= 11 is 0. The van der Waals surface area contributed by atoms with Crippen molar-refractivity contribution in [1.29, 1.82) is 5.26 Å². The number of nitriles is 1. The molecule has 0 aromatic heterocycles. The summed E-state index contributed by atoms with van der Waals surface area (Å²) < 4.78 is 5.54. The van der Waals surface area contributed by atoms with Gasteiger partial charge in [0.1, 0.15) is 11.8 Å². The Hall–Kier alpha value is -2.06. The summed E-state index contributed by atoms with van der Waals surface area (Å²) in [6, 6.07) is 9.37. The average Bonchev–Trinajstić information content (AvgIpc) is 2.50. The van der Waals surface area contributed by atoms with Crippen molar-refractivity contribution in [1.82, 2.24) is 5.32 Å². The number of amides is 1. The van der Waals surface area contributed by atoms with Crippen molar-refractivity contribution in [2.24, 2.45) is 5.92 Å². The minimum atomic E-state index is -0.629. The van der Waals surface area contributed by atoms with Crippen molar-refractivity contribution >= 4 is 5.91 Å². The summed E-state index contributed by atoms with van der Waals surface area (Å²) in [5, 5.41) is 21.4. The van der Waals surface area contributed by atoms with Crippen molar-refractivity contribution in [2.45, 2.75) is 52.4 Å². The quantitative estimate of drug-likeness (QED) is 0.772. The lowest BCUT2D eigenvalue weighted by Gasteiger charge is -2.14. The summed E-state index contributed by atoms with van der Waals surface area (Å²) in [7, 11) is 0. The molecule has 1 aromatic carbocycles. The van der Waals surface area contributed by atoms with E-state index in [9.17, 15) is 9.90 Å².